The van der Waals surface area contributed by atoms with Crippen LogP contribution < -0.4 is 0 Å². The number of pyridine rings is 1. The summed E-state index contributed by atoms with van der Waals surface area (Å²) in [6.07, 6.45) is 8.41. The molecule has 7 heteroatoms. The van der Waals surface area contributed by atoms with Gasteiger partial charge in [-0.3, -0.25) is 9.89 Å². The van der Waals surface area contributed by atoms with Crippen LogP contribution >= 0.6 is 0 Å². The van der Waals surface area contributed by atoms with Crippen molar-refractivity contribution in [2.75, 3.05) is 6.54 Å². The molecule has 0 aliphatic carbocycles. The number of hydrogen-bond donors (Lipinski definition) is 1. The number of amides is 1. The minimum Gasteiger partial charge on any atom is -0.335 e. The molecule has 1 N–H and O–H groups in total. The van der Waals surface area contributed by atoms with Crippen molar-refractivity contribution in [2.45, 2.75) is 25.9 Å². The van der Waals surface area contributed by atoms with Crippen LogP contribution in [0, 0.1) is 11.7 Å². The molecule has 6 nitrogen and oxygen atoms in total. The van der Waals surface area contributed by atoms with Gasteiger partial charge in [0.15, 0.2) is 0 Å². The molecule has 1 aliphatic rings. The third-order valence-electron chi connectivity index (χ3n) is 5.91. The maximum absolute atomic E-state index is 14.1. The standard InChI is InChI=1S/C23H22FN5O/c1-15-8-16(14-29(15)23(30)20-4-2-3-5-21(20)24)13-28-7-6-17-9-18(10-25-22(17)28)19-11-26-27-12-19/h2-7,9-12,15-16H,8,13-14H2,1H3,(H,26,27)/t15-,16?/m0/s1. The molecule has 1 aromatic carbocycles. The maximum Gasteiger partial charge on any atom is 0.257 e. The number of carbonyl (C=O) groups excluding carboxylic acids is 1. The lowest BCUT2D eigenvalue weighted by molar-refractivity contribution is 0.0737. The number of hydrogen-bond acceptors (Lipinski definition) is 3. The van der Waals surface area contributed by atoms with Crippen molar-refractivity contribution in [3.8, 4) is 11.1 Å². The monoisotopic (exact) mass is 403 g/mol. The number of H-pyrrole nitrogens is 1. The Morgan fingerprint density at radius 1 is 1.23 bits per heavy atom. The number of fused-ring (bicyclic) bond motifs is 1. The summed E-state index contributed by atoms with van der Waals surface area (Å²) in [7, 11) is 0. The lowest BCUT2D eigenvalue weighted by atomic mass is 10.1. The molecular formula is C23H22FN5O. The number of rotatable bonds is 4. The van der Waals surface area contributed by atoms with Gasteiger partial charge in [-0.2, -0.15) is 5.10 Å². The number of nitrogens with zero attached hydrogens (tertiary/aromatic N) is 4. The highest BCUT2D eigenvalue weighted by atomic mass is 19.1. The topological polar surface area (TPSA) is 66.8 Å². The maximum atomic E-state index is 14.1. The number of aromatic nitrogens is 4. The third kappa shape index (κ3) is 3.26. The van der Waals surface area contributed by atoms with E-state index in [9.17, 15) is 9.18 Å². The quantitative estimate of drug-likeness (QED) is 0.557. The second-order valence-electron chi connectivity index (χ2n) is 7.98. The van der Waals surface area contributed by atoms with Crippen molar-refractivity contribution >= 4 is 16.9 Å². The number of carbonyl (C=O) groups is 1. The lowest BCUT2D eigenvalue weighted by Gasteiger charge is -2.21. The highest BCUT2D eigenvalue weighted by Gasteiger charge is 2.34. The normalized spacial score (nSPS) is 18.9. The highest BCUT2D eigenvalue weighted by molar-refractivity contribution is 5.94. The fourth-order valence-corrected chi connectivity index (χ4v) is 4.42. The van der Waals surface area contributed by atoms with Gasteiger partial charge in [0.1, 0.15) is 11.5 Å². The van der Waals surface area contributed by atoms with Crippen LogP contribution in [0.4, 0.5) is 4.39 Å². The van der Waals surface area contributed by atoms with Crippen LogP contribution in [0.15, 0.2) is 61.2 Å². The second-order valence-corrected chi connectivity index (χ2v) is 7.98. The van der Waals surface area contributed by atoms with Crippen molar-refractivity contribution in [1.29, 1.82) is 0 Å². The summed E-state index contributed by atoms with van der Waals surface area (Å²) < 4.78 is 16.2. The van der Waals surface area contributed by atoms with E-state index in [0.29, 0.717) is 12.5 Å². The van der Waals surface area contributed by atoms with E-state index < -0.39 is 5.82 Å². The second kappa shape index (κ2) is 7.40. The molecular weight excluding hydrogens is 381 g/mol. The average Bonchev–Trinajstić information content (AvgIpc) is 3.48. The Morgan fingerprint density at radius 2 is 2.10 bits per heavy atom. The summed E-state index contributed by atoms with van der Waals surface area (Å²) in [6.45, 7) is 3.41. The molecule has 4 heterocycles. The first-order chi connectivity index (χ1) is 14.6. The molecule has 0 radical (unpaired) electrons. The minimum absolute atomic E-state index is 0.0737. The molecule has 1 fully saturated rings. The van der Waals surface area contributed by atoms with Gasteiger partial charge in [0.05, 0.1) is 11.8 Å². The number of nitrogens with one attached hydrogen (secondary N) is 1. The average molecular weight is 403 g/mol. The van der Waals surface area contributed by atoms with Gasteiger partial charge >= 0.3 is 0 Å². The van der Waals surface area contributed by atoms with Crippen LogP contribution in [0.2, 0.25) is 0 Å². The summed E-state index contributed by atoms with van der Waals surface area (Å²) in [5.74, 6) is -0.405. The minimum atomic E-state index is -0.466. The van der Waals surface area contributed by atoms with E-state index in [1.165, 1.54) is 6.07 Å². The van der Waals surface area contributed by atoms with Crippen LogP contribution in [-0.4, -0.2) is 43.1 Å². The van der Waals surface area contributed by atoms with Gasteiger partial charge in [-0.25, -0.2) is 9.37 Å². The summed E-state index contributed by atoms with van der Waals surface area (Å²) >= 11 is 0. The van der Waals surface area contributed by atoms with Gasteiger partial charge in [-0.15, -0.1) is 0 Å². The van der Waals surface area contributed by atoms with Gasteiger partial charge in [-0.05, 0) is 43.5 Å². The Bertz CT molecular complexity index is 1200. The van der Waals surface area contributed by atoms with Crippen LogP contribution in [0.3, 0.4) is 0 Å². The van der Waals surface area contributed by atoms with Gasteiger partial charge < -0.3 is 9.47 Å². The Balaban J connectivity index is 1.33. The Hall–Kier alpha value is -3.48. The van der Waals surface area contributed by atoms with E-state index in [-0.39, 0.29) is 17.5 Å². The first kappa shape index (κ1) is 18.5. The van der Waals surface area contributed by atoms with E-state index in [0.717, 1.165) is 35.1 Å². The van der Waals surface area contributed by atoms with Gasteiger partial charge in [0.2, 0.25) is 0 Å². The molecule has 2 atom stereocenters. The Morgan fingerprint density at radius 3 is 2.90 bits per heavy atom. The van der Waals surface area contributed by atoms with E-state index in [1.54, 1.807) is 29.3 Å². The molecule has 1 amide bonds. The first-order valence-electron chi connectivity index (χ1n) is 10.1. The number of likely N-dealkylation sites (tertiary alicyclic amines) is 1. The molecule has 152 valence electrons. The summed E-state index contributed by atoms with van der Waals surface area (Å²) in [5, 5.41) is 7.89. The van der Waals surface area contributed by atoms with Crippen molar-refractivity contribution in [1.82, 2.24) is 24.6 Å². The van der Waals surface area contributed by atoms with Crippen LogP contribution in [0.25, 0.3) is 22.2 Å². The molecule has 4 aromatic rings. The van der Waals surface area contributed by atoms with Crippen LogP contribution in [0.1, 0.15) is 23.7 Å². The smallest absolute Gasteiger partial charge is 0.257 e. The van der Waals surface area contributed by atoms with Crippen molar-refractivity contribution in [2.24, 2.45) is 5.92 Å². The molecule has 0 spiro atoms. The Labute approximate surface area is 173 Å². The van der Waals surface area contributed by atoms with Gasteiger partial charge in [-0.1, -0.05) is 12.1 Å². The zero-order valence-corrected chi connectivity index (χ0v) is 16.6. The van der Waals surface area contributed by atoms with Gasteiger partial charge in [0.25, 0.3) is 5.91 Å². The zero-order chi connectivity index (χ0) is 20.7. The molecule has 3 aromatic heterocycles. The molecule has 30 heavy (non-hydrogen) atoms. The summed E-state index contributed by atoms with van der Waals surface area (Å²) in [4.78, 5) is 19.3. The van der Waals surface area contributed by atoms with E-state index in [1.807, 2.05) is 25.5 Å². The molecule has 0 bridgehead atoms. The van der Waals surface area contributed by atoms with E-state index >= 15 is 0 Å². The van der Waals surface area contributed by atoms with E-state index in [4.69, 9.17) is 0 Å². The fourth-order valence-electron chi connectivity index (χ4n) is 4.42. The molecule has 5 rings (SSSR count). The number of aromatic amines is 1. The van der Waals surface area contributed by atoms with Crippen molar-refractivity contribution in [3.05, 3.63) is 72.6 Å². The molecule has 1 unspecified atom stereocenters. The van der Waals surface area contributed by atoms with Crippen molar-refractivity contribution < 1.29 is 9.18 Å². The SMILES string of the molecule is C[C@H]1CC(Cn2ccc3cc(-c4cn[nH]c4)cnc32)CN1C(=O)c1ccccc1F. The van der Waals surface area contributed by atoms with E-state index in [2.05, 4.69) is 31.9 Å². The van der Waals surface area contributed by atoms with Crippen molar-refractivity contribution in [3.63, 3.8) is 0 Å². The molecule has 1 saturated heterocycles. The highest BCUT2D eigenvalue weighted by Crippen LogP contribution is 2.29. The Kier molecular flexibility index (Phi) is 4.58. The molecule has 0 saturated carbocycles. The van der Waals surface area contributed by atoms with Crippen LogP contribution in [-0.2, 0) is 6.54 Å². The predicted molar refractivity (Wildman–Crippen MR) is 112 cm³/mol. The summed E-state index contributed by atoms with van der Waals surface area (Å²) in [5.41, 5.74) is 3.09. The zero-order valence-electron chi connectivity index (χ0n) is 16.6. The fraction of sp³-hybridized carbons (Fsp3) is 0.261. The third-order valence-corrected chi connectivity index (χ3v) is 5.91. The predicted octanol–water partition coefficient (Wildman–Crippen LogP) is 4.12. The first-order valence-corrected chi connectivity index (χ1v) is 10.1. The largest absolute Gasteiger partial charge is 0.335 e. The van der Waals surface area contributed by atoms with Crippen LogP contribution in [0.5, 0.6) is 0 Å². The molecule has 1 aliphatic heterocycles. The summed E-state index contributed by atoms with van der Waals surface area (Å²) in [6, 6.07) is 10.4. The number of benzene rings is 1. The lowest BCUT2D eigenvalue weighted by Crippen LogP contribution is -2.34. The van der Waals surface area contributed by atoms with Gasteiger partial charge in [0, 0.05) is 54.2 Å². The number of halogens is 1.